The Balaban J connectivity index is 2.96. The van der Waals surface area contributed by atoms with E-state index < -0.39 is 0 Å². The van der Waals surface area contributed by atoms with Crippen molar-refractivity contribution in [3.05, 3.63) is 47.7 Å². The molecule has 0 saturated carbocycles. The van der Waals surface area contributed by atoms with Crippen molar-refractivity contribution in [2.75, 3.05) is 0 Å². The highest BCUT2D eigenvalue weighted by molar-refractivity contribution is 5.40. The smallest absolute Gasteiger partial charge is 0.00512 e. The number of hydrogen-bond acceptors (Lipinski definition) is 1. The molecular formula is C14H21N. The van der Waals surface area contributed by atoms with Crippen LogP contribution in [0.25, 0.3) is 0 Å². The third-order valence-corrected chi connectivity index (χ3v) is 2.86. The van der Waals surface area contributed by atoms with Crippen LogP contribution in [0.3, 0.4) is 0 Å². The molecule has 1 aliphatic carbocycles. The lowest BCUT2D eigenvalue weighted by molar-refractivity contribution is 0.593. The van der Waals surface area contributed by atoms with Crippen molar-refractivity contribution in [2.45, 2.75) is 27.2 Å². The summed E-state index contributed by atoms with van der Waals surface area (Å²) < 4.78 is 0. The summed E-state index contributed by atoms with van der Waals surface area (Å²) in [7, 11) is 0. The molecule has 0 bridgehead atoms. The van der Waals surface area contributed by atoms with Gasteiger partial charge in [0, 0.05) is 5.92 Å². The van der Waals surface area contributed by atoms with E-state index in [0.717, 1.165) is 6.42 Å². The fourth-order valence-electron chi connectivity index (χ4n) is 2.10. The zero-order valence-electron chi connectivity index (χ0n) is 9.90. The number of hydrogen-bond donors (Lipinski definition) is 1. The first kappa shape index (κ1) is 11.8. The summed E-state index contributed by atoms with van der Waals surface area (Å²) in [5, 5.41) is 0. The molecule has 0 saturated heterocycles. The molecule has 0 aromatic heterocycles. The minimum Gasteiger partial charge on any atom is -0.405 e. The van der Waals surface area contributed by atoms with Crippen LogP contribution < -0.4 is 5.73 Å². The highest BCUT2D eigenvalue weighted by Crippen LogP contribution is 2.33. The Morgan fingerprint density at radius 1 is 1.47 bits per heavy atom. The fraction of sp³-hybridized carbons (Fsp3) is 0.429. The Morgan fingerprint density at radius 2 is 2.20 bits per heavy atom. The Morgan fingerprint density at radius 3 is 2.73 bits per heavy atom. The first-order chi connectivity index (χ1) is 7.20. The van der Waals surface area contributed by atoms with Gasteiger partial charge < -0.3 is 5.73 Å². The van der Waals surface area contributed by atoms with Crippen LogP contribution in [0.5, 0.6) is 0 Å². The molecular weight excluding hydrogens is 182 g/mol. The summed E-state index contributed by atoms with van der Waals surface area (Å²) in [5.74, 6) is 1.18. The van der Waals surface area contributed by atoms with E-state index in [4.69, 9.17) is 5.73 Å². The van der Waals surface area contributed by atoms with Gasteiger partial charge in [-0.25, -0.2) is 0 Å². The monoisotopic (exact) mass is 203 g/mol. The van der Waals surface area contributed by atoms with Gasteiger partial charge in [0.2, 0.25) is 0 Å². The molecule has 0 fully saturated rings. The van der Waals surface area contributed by atoms with Crippen molar-refractivity contribution >= 4 is 0 Å². The van der Waals surface area contributed by atoms with Gasteiger partial charge in [0.15, 0.2) is 0 Å². The molecule has 0 aromatic rings. The molecule has 1 nitrogen and oxygen atoms in total. The molecule has 0 aliphatic heterocycles. The van der Waals surface area contributed by atoms with Gasteiger partial charge in [-0.15, -0.1) is 0 Å². The first-order valence-corrected chi connectivity index (χ1v) is 5.67. The second-order valence-corrected chi connectivity index (χ2v) is 4.19. The SMILES string of the molecule is CCC1C(C(C)C)=CC=C/C1=C/C=C\N. The molecule has 0 aromatic carbocycles. The fourth-order valence-corrected chi connectivity index (χ4v) is 2.10. The minimum absolute atomic E-state index is 0.561. The van der Waals surface area contributed by atoms with Crippen LogP contribution in [-0.2, 0) is 0 Å². The lowest BCUT2D eigenvalue weighted by Gasteiger charge is -2.25. The molecule has 1 atom stereocenters. The van der Waals surface area contributed by atoms with Crippen LogP contribution in [0.15, 0.2) is 47.7 Å². The van der Waals surface area contributed by atoms with E-state index in [1.807, 2.05) is 6.08 Å². The highest BCUT2D eigenvalue weighted by atomic mass is 14.5. The Hall–Kier alpha value is -1.24. The Bertz CT molecular complexity index is 316. The van der Waals surface area contributed by atoms with Crippen LogP contribution in [0.4, 0.5) is 0 Å². The quantitative estimate of drug-likeness (QED) is 0.745. The lowest BCUT2D eigenvalue weighted by atomic mass is 9.79. The van der Waals surface area contributed by atoms with Gasteiger partial charge >= 0.3 is 0 Å². The summed E-state index contributed by atoms with van der Waals surface area (Å²) in [4.78, 5) is 0. The molecule has 1 heteroatoms. The lowest BCUT2D eigenvalue weighted by Crippen LogP contribution is -2.12. The predicted octanol–water partition coefficient (Wildman–Crippen LogP) is 3.56. The van der Waals surface area contributed by atoms with Crippen LogP contribution in [0.1, 0.15) is 27.2 Å². The van der Waals surface area contributed by atoms with Crippen molar-refractivity contribution in [3.63, 3.8) is 0 Å². The van der Waals surface area contributed by atoms with E-state index in [1.165, 1.54) is 11.1 Å². The van der Waals surface area contributed by atoms with Crippen LogP contribution in [-0.4, -0.2) is 0 Å². The van der Waals surface area contributed by atoms with Crippen molar-refractivity contribution in [1.29, 1.82) is 0 Å². The molecule has 0 heterocycles. The largest absolute Gasteiger partial charge is 0.405 e. The van der Waals surface area contributed by atoms with Gasteiger partial charge in [0.25, 0.3) is 0 Å². The van der Waals surface area contributed by atoms with Crippen LogP contribution in [0, 0.1) is 11.8 Å². The van der Waals surface area contributed by atoms with E-state index >= 15 is 0 Å². The summed E-state index contributed by atoms with van der Waals surface area (Å²) in [6.07, 6.45) is 13.3. The molecule has 0 radical (unpaired) electrons. The van der Waals surface area contributed by atoms with Gasteiger partial charge in [0.1, 0.15) is 0 Å². The summed E-state index contributed by atoms with van der Waals surface area (Å²) >= 11 is 0. The summed E-state index contributed by atoms with van der Waals surface area (Å²) in [6.45, 7) is 6.74. The average Bonchev–Trinajstić information content (AvgIpc) is 2.25. The molecule has 0 amide bonds. The molecule has 1 unspecified atom stereocenters. The summed E-state index contributed by atoms with van der Waals surface area (Å²) in [6, 6.07) is 0. The molecule has 1 rings (SSSR count). The van der Waals surface area contributed by atoms with Crippen molar-refractivity contribution in [3.8, 4) is 0 Å². The zero-order chi connectivity index (χ0) is 11.3. The second kappa shape index (κ2) is 5.59. The van der Waals surface area contributed by atoms with E-state index in [-0.39, 0.29) is 0 Å². The molecule has 1 aliphatic rings. The standard InChI is InChI=1S/C14H21N/c1-4-13-12(8-6-10-15)7-5-9-14(13)11(2)3/h5-11,13H,4,15H2,1-3H3/b10-6-,12-8-. The number of nitrogens with two attached hydrogens (primary N) is 1. The third kappa shape index (κ3) is 2.85. The highest BCUT2D eigenvalue weighted by Gasteiger charge is 2.19. The van der Waals surface area contributed by atoms with Gasteiger partial charge in [-0.1, -0.05) is 50.6 Å². The predicted molar refractivity (Wildman–Crippen MR) is 67.3 cm³/mol. The topological polar surface area (TPSA) is 26.0 Å². The van der Waals surface area contributed by atoms with Gasteiger partial charge in [-0.3, -0.25) is 0 Å². The Labute approximate surface area is 93.1 Å². The van der Waals surface area contributed by atoms with Gasteiger partial charge in [0.05, 0.1) is 0 Å². The molecule has 2 N–H and O–H groups in total. The maximum atomic E-state index is 5.36. The molecule has 82 valence electrons. The number of rotatable bonds is 3. The van der Waals surface area contributed by atoms with Gasteiger partial charge in [-0.05, 0) is 30.2 Å². The zero-order valence-corrected chi connectivity index (χ0v) is 9.90. The third-order valence-electron chi connectivity index (χ3n) is 2.86. The van der Waals surface area contributed by atoms with Crippen LogP contribution in [0.2, 0.25) is 0 Å². The van der Waals surface area contributed by atoms with E-state index in [0.29, 0.717) is 11.8 Å². The number of allylic oxidation sites excluding steroid dienone is 7. The van der Waals surface area contributed by atoms with Crippen molar-refractivity contribution in [2.24, 2.45) is 17.6 Å². The Kier molecular flexibility index (Phi) is 4.41. The molecule has 0 spiro atoms. The van der Waals surface area contributed by atoms with E-state index in [9.17, 15) is 0 Å². The maximum Gasteiger partial charge on any atom is 0.00512 e. The first-order valence-electron chi connectivity index (χ1n) is 5.67. The maximum absolute atomic E-state index is 5.36. The minimum atomic E-state index is 0.561. The normalized spacial score (nSPS) is 24.1. The van der Waals surface area contributed by atoms with Crippen molar-refractivity contribution < 1.29 is 0 Å². The van der Waals surface area contributed by atoms with Crippen molar-refractivity contribution in [1.82, 2.24) is 0 Å². The average molecular weight is 203 g/mol. The van der Waals surface area contributed by atoms with Crippen LogP contribution >= 0.6 is 0 Å². The second-order valence-electron chi connectivity index (χ2n) is 4.19. The van der Waals surface area contributed by atoms with Gasteiger partial charge in [-0.2, -0.15) is 0 Å². The van der Waals surface area contributed by atoms with E-state index in [2.05, 4.69) is 45.1 Å². The van der Waals surface area contributed by atoms with E-state index in [1.54, 1.807) is 6.20 Å². The summed E-state index contributed by atoms with van der Waals surface area (Å²) in [5.41, 5.74) is 8.25. The molecule has 15 heavy (non-hydrogen) atoms.